The molecule has 15 atom stereocenters. The van der Waals surface area contributed by atoms with Gasteiger partial charge in [-0.15, -0.1) is 0 Å². The molecule has 6 aliphatic rings. The predicted octanol–water partition coefficient (Wildman–Crippen LogP) is -1.56. The topological polar surface area (TPSA) is 132 Å². The maximum absolute atomic E-state index is 12.5. The highest BCUT2D eigenvalue weighted by molar-refractivity contribution is 5.37. The quantitative estimate of drug-likeness (QED) is 0.324. The molecule has 1 unspecified atom stereocenters. The average molecular weight is 470 g/mol. The van der Waals surface area contributed by atoms with Crippen LogP contribution in [0.25, 0.3) is 0 Å². The molecule has 0 aromatic heterocycles. The van der Waals surface area contributed by atoms with Crippen LogP contribution < -0.4 is 0 Å². The molecule has 0 radical (unpaired) electrons. The lowest BCUT2D eigenvalue weighted by molar-refractivity contribution is -0.308. The number of hydrogen-bond donors (Lipinski definition) is 5. The Balaban J connectivity index is 1.66. The molecule has 5 saturated carbocycles. The van der Waals surface area contributed by atoms with Gasteiger partial charge in [0.05, 0.1) is 37.1 Å². The number of aliphatic hydroxyl groups is 5. The number of piperidine rings is 1. The molecule has 1 spiro atoms. The average Bonchev–Trinajstić information content (AvgIpc) is 3.20. The van der Waals surface area contributed by atoms with Crippen LogP contribution in [0.2, 0.25) is 0 Å². The minimum Gasteiger partial charge on any atom is -0.392 e. The van der Waals surface area contributed by atoms with Crippen LogP contribution in [0.1, 0.15) is 19.8 Å². The second-order valence-corrected chi connectivity index (χ2v) is 11.7. The van der Waals surface area contributed by atoms with Gasteiger partial charge in [0.15, 0.2) is 0 Å². The van der Waals surface area contributed by atoms with Crippen molar-refractivity contribution in [3.63, 3.8) is 0 Å². The van der Waals surface area contributed by atoms with Crippen LogP contribution in [-0.4, -0.2) is 120 Å². The monoisotopic (exact) mass is 469 g/mol. The van der Waals surface area contributed by atoms with Gasteiger partial charge >= 0.3 is 0 Å². The fourth-order valence-corrected chi connectivity index (χ4v) is 10.7. The van der Waals surface area contributed by atoms with E-state index in [-0.39, 0.29) is 30.2 Å². The van der Waals surface area contributed by atoms with E-state index >= 15 is 0 Å². The third-order valence-corrected chi connectivity index (χ3v) is 11.3. The molecule has 0 aromatic carbocycles. The maximum Gasteiger partial charge on any atom is 0.110 e. The highest BCUT2D eigenvalue weighted by atomic mass is 16.5. The first kappa shape index (κ1) is 23.1. The van der Waals surface area contributed by atoms with Crippen LogP contribution in [0.15, 0.2) is 0 Å². The van der Waals surface area contributed by atoms with Crippen molar-refractivity contribution in [2.45, 2.75) is 68.0 Å². The lowest BCUT2D eigenvalue weighted by atomic mass is 9.42. The molecular weight excluding hydrogens is 430 g/mol. The van der Waals surface area contributed by atoms with Crippen molar-refractivity contribution in [1.82, 2.24) is 4.90 Å². The molecule has 7 bridgehead atoms. The van der Waals surface area contributed by atoms with Gasteiger partial charge in [-0.2, -0.15) is 0 Å². The first-order valence-electron chi connectivity index (χ1n) is 12.4. The summed E-state index contributed by atoms with van der Waals surface area (Å²) in [6.07, 6.45) is -4.04. The van der Waals surface area contributed by atoms with E-state index in [9.17, 15) is 25.5 Å². The largest absolute Gasteiger partial charge is 0.392 e. The van der Waals surface area contributed by atoms with E-state index < -0.39 is 64.9 Å². The summed E-state index contributed by atoms with van der Waals surface area (Å²) in [4.78, 5) is 2.27. The Morgan fingerprint density at radius 2 is 1.64 bits per heavy atom. The summed E-state index contributed by atoms with van der Waals surface area (Å²) >= 11 is 0. The smallest absolute Gasteiger partial charge is 0.110 e. The Kier molecular flexibility index (Phi) is 4.97. The fourth-order valence-electron chi connectivity index (χ4n) is 10.7. The van der Waals surface area contributed by atoms with E-state index in [4.69, 9.17) is 14.2 Å². The fraction of sp³-hybridized carbons (Fsp3) is 1.00. The van der Waals surface area contributed by atoms with Crippen LogP contribution in [-0.2, 0) is 14.2 Å². The van der Waals surface area contributed by atoms with Gasteiger partial charge in [-0.25, -0.2) is 0 Å². The van der Waals surface area contributed by atoms with E-state index in [0.717, 1.165) is 0 Å². The Morgan fingerprint density at radius 3 is 2.24 bits per heavy atom. The Labute approximate surface area is 194 Å². The summed E-state index contributed by atoms with van der Waals surface area (Å²) in [5, 5.41) is 58.8. The lowest BCUT2D eigenvalue weighted by Crippen LogP contribution is -2.80. The van der Waals surface area contributed by atoms with Gasteiger partial charge in [-0.1, -0.05) is 6.92 Å². The molecule has 188 valence electrons. The summed E-state index contributed by atoms with van der Waals surface area (Å²) in [5.41, 5.74) is -3.00. The maximum atomic E-state index is 12.5. The van der Waals surface area contributed by atoms with Crippen LogP contribution in [0, 0.1) is 40.4 Å². The Bertz CT molecular complexity index is 815. The van der Waals surface area contributed by atoms with Gasteiger partial charge in [0.1, 0.15) is 11.7 Å². The van der Waals surface area contributed by atoms with Crippen LogP contribution in [0.3, 0.4) is 0 Å². The highest BCUT2D eigenvalue weighted by Crippen LogP contribution is 2.79. The van der Waals surface area contributed by atoms with Gasteiger partial charge in [0.2, 0.25) is 0 Å². The van der Waals surface area contributed by atoms with Gasteiger partial charge < -0.3 is 39.7 Å². The predicted molar refractivity (Wildman–Crippen MR) is 115 cm³/mol. The number of nitrogens with zero attached hydrogens (tertiary/aromatic N) is 1. The number of methoxy groups -OCH3 is 3. The molecule has 1 saturated heterocycles. The first-order chi connectivity index (χ1) is 15.7. The molecule has 9 heteroatoms. The molecule has 5 N–H and O–H groups in total. The number of fused-ring (bicyclic) bond motifs is 2. The van der Waals surface area contributed by atoms with Crippen molar-refractivity contribution in [3.8, 4) is 0 Å². The molecule has 6 fully saturated rings. The van der Waals surface area contributed by atoms with Crippen molar-refractivity contribution in [2.24, 2.45) is 40.4 Å². The SMILES string of the molecule is CCN1C[C@]2(COC)[C@H](O)C[C@H](O)[C@]34C1[C@H]([C@H](OC)[C@H]23)[C@]1(O)[C@H]2[C@@H](O)[C@H](C[C@H]24)[C@@H](OC)[C@H]1O. The standard InChI is InChI=1S/C24H39NO8/c1-5-25-8-22(9-31-2)12(26)7-13(27)23-11-6-10-16(28)14(11)24(30,21(29)17(10)32-3)15(20(23)25)18(33-4)19(22)23/h10-21,26-30H,5-9H2,1-4H3/t10-,11+,12+,13-,14+,15-,16-,17+,18-,19+,20?,21+,22-,23-,24+/m0/s1. The van der Waals surface area contributed by atoms with Crippen LogP contribution in [0.5, 0.6) is 0 Å². The van der Waals surface area contributed by atoms with Crippen molar-refractivity contribution in [3.05, 3.63) is 0 Å². The second-order valence-electron chi connectivity index (χ2n) is 11.7. The van der Waals surface area contributed by atoms with Gasteiger partial charge in [-0.3, -0.25) is 4.90 Å². The lowest BCUT2D eigenvalue weighted by Gasteiger charge is -2.69. The van der Waals surface area contributed by atoms with E-state index in [1.165, 1.54) is 7.11 Å². The van der Waals surface area contributed by atoms with Crippen molar-refractivity contribution in [1.29, 1.82) is 0 Å². The second kappa shape index (κ2) is 7.11. The van der Waals surface area contributed by atoms with E-state index in [0.29, 0.717) is 26.1 Å². The first-order valence-corrected chi connectivity index (χ1v) is 12.4. The molecule has 0 amide bonds. The third-order valence-electron chi connectivity index (χ3n) is 11.3. The van der Waals surface area contributed by atoms with Crippen LogP contribution >= 0.6 is 0 Å². The number of aliphatic hydroxyl groups excluding tert-OH is 4. The molecule has 6 rings (SSSR count). The molecule has 9 nitrogen and oxygen atoms in total. The summed E-state index contributed by atoms with van der Waals surface area (Å²) in [6.45, 7) is 3.61. The summed E-state index contributed by atoms with van der Waals surface area (Å²) < 4.78 is 17.6. The zero-order valence-electron chi connectivity index (χ0n) is 19.9. The summed E-state index contributed by atoms with van der Waals surface area (Å²) in [5.74, 6) is -1.97. The van der Waals surface area contributed by atoms with Gasteiger partial charge in [0.25, 0.3) is 0 Å². The third kappa shape index (κ3) is 2.19. The number of hydrogen-bond acceptors (Lipinski definition) is 9. The number of ether oxygens (including phenoxy) is 3. The Morgan fingerprint density at radius 1 is 0.939 bits per heavy atom. The van der Waals surface area contributed by atoms with Crippen LogP contribution in [0.4, 0.5) is 0 Å². The van der Waals surface area contributed by atoms with Gasteiger partial charge in [0, 0.05) is 74.8 Å². The minimum atomic E-state index is -1.63. The van der Waals surface area contributed by atoms with Crippen molar-refractivity contribution in [2.75, 3.05) is 41.0 Å². The van der Waals surface area contributed by atoms with Crippen molar-refractivity contribution >= 4 is 0 Å². The molecular formula is C24H39NO8. The Hall–Kier alpha value is -0.360. The zero-order chi connectivity index (χ0) is 23.7. The van der Waals surface area contributed by atoms with Gasteiger partial charge in [-0.05, 0) is 18.9 Å². The summed E-state index contributed by atoms with van der Waals surface area (Å²) in [6, 6.07) is -0.243. The highest BCUT2D eigenvalue weighted by Gasteiger charge is 2.88. The van der Waals surface area contributed by atoms with Crippen molar-refractivity contribution < 1.29 is 39.7 Å². The van der Waals surface area contributed by atoms with E-state index in [1.54, 1.807) is 14.2 Å². The van der Waals surface area contributed by atoms with E-state index in [1.807, 2.05) is 0 Å². The number of rotatable bonds is 5. The minimum absolute atomic E-state index is 0.232. The molecule has 5 aliphatic carbocycles. The van der Waals surface area contributed by atoms with E-state index in [2.05, 4.69) is 11.8 Å². The number of likely N-dealkylation sites (tertiary alicyclic amines) is 1. The normalized spacial score (nSPS) is 63.2. The molecule has 1 heterocycles. The molecule has 33 heavy (non-hydrogen) atoms. The zero-order valence-corrected chi connectivity index (χ0v) is 19.9. The molecule has 1 aliphatic heterocycles. The summed E-state index contributed by atoms with van der Waals surface area (Å²) in [7, 11) is 4.77. The molecule has 0 aromatic rings.